The van der Waals surface area contributed by atoms with Gasteiger partial charge in [0, 0.05) is 10.3 Å². The Kier molecular flexibility index (Phi) is 5.01. The predicted octanol–water partition coefficient (Wildman–Crippen LogP) is 4.05. The summed E-state index contributed by atoms with van der Waals surface area (Å²) in [6, 6.07) is 7.35. The topological polar surface area (TPSA) is 64.1 Å². The van der Waals surface area contributed by atoms with E-state index < -0.39 is 0 Å². The summed E-state index contributed by atoms with van der Waals surface area (Å²) >= 11 is 3.07. The molecule has 2 heterocycles. The number of para-hydroxylation sites is 2. The van der Waals surface area contributed by atoms with Crippen LogP contribution in [0.4, 0.5) is 5.69 Å². The van der Waals surface area contributed by atoms with Gasteiger partial charge in [0.25, 0.3) is 0 Å². The van der Waals surface area contributed by atoms with E-state index in [4.69, 9.17) is 4.74 Å². The van der Waals surface area contributed by atoms with Gasteiger partial charge in [-0.2, -0.15) is 0 Å². The van der Waals surface area contributed by atoms with Gasteiger partial charge in [0.05, 0.1) is 18.6 Å². The lowest BCUT2D eigenvalue weighted by molar-refractivity contribution is -0.113. The molecule has 3 rings (SSSR count). The minimum Gasteiger partial charge on any atom is -0.495 e. The maximum Gasteiger partial charge on any atom is 0.234 e. The molecule has 1 amide bonds. The van der Waals surface area contributed by atoms with Gasteiger partial charge >= 0.3 is 0 Å². The summed E-state index contributed by atoms with van der Waals surface area (Å²) in [7, 11) is 1.58. The Morgan fingerprint density at radius 2 is 2.08 bits per heavy atom. The fraction of sp³-hybridized carbons (Fsp3) is 0.235. The van der Waals surface area contributed by atoms with Gasteiger partial charge in [-0.3, -0.25) is 4.79 Å². The molecular formula is C17H17N3O2S2. The van der Waals surface area contributed by atoms with E-state index in [-0.39, 0.29) is 11.7 Å². The number of nitrogens with zero attached hydrogens (tertiary/aromatic N) is 2. The number of thioether (sulfide) groups is 1. The minimum absolute atomic E-state index is 0.0964. The predicted molar refractivity (Wildman–Crippen MR) is 99.2 cm³/mol. The SMILES string of the molecule is COc1ccccc1NC(=O)CSc1ncnc2sc(C)c(C)c12. The van der Waals surface area contributed by atoms with Crippen LogP contribution in [-0.2, 0) is 4.79 Å². The lowest BCUT2D eigenvalue weighted by atomic mass is 10.2. The molecule has 1 N–H and O–H groups in total. The molecule has 1 aromatic carbocycles. The number of rotatable bonds is 5. The lowest BCUT2D eigenvalue weighted by Gasteiger charge is -2.09. The molecule has 2 aromatic heterocycles. The van der Waals surface area contributed by atoms with Crippen LogP contribution in [0, 0.1) is 13.8 Å². The highest BCUT2D eigenvalue weighted by molar-refractivity contribution is 8.00. The number of carbonyl (C=O) groups excluding carboxylic acids is 1. The first-order chi connectivity index (χ1) is 11.6. The highest BCUT2D eigenvalue weighted by Crippen LogP contribution is 2.34. The monoisotopic (exact) mass is 359 g/mol. The standard InChI is InChI=1S/C17H17N3O2S2/c1-10-11(2)24-17-15(10)16(18-9-19-17)23-8-14(21)20-12-6-4-5-7-13(12)22-3/h4-7,9H,8H2,1-3H3,(H,20,21). The zero-order valence-corrected chi connectivity index (χ0v) is 15.3. The summed E-state index contributed by atoms with van der Waals surface area (Å²) in [5, 5.41) is 4.77. The molecule has 0 spiro atoms. The number of thiophene rings is 1. The van der Waals surface area contributed by atoms with E-state index in [2.05, 4.69) is 29.1 Å². The maximum atomic E-state index is 12.3. The zero-order valence-electron chi connectivity index (χ0n) is 13.6. The Morgan fingerprint density at radius 1 is 1.29 bits per heavy atom. The largest absolute Gasteiger partial charge is 0.495 e. The summed E-state index contributed by atoms with van der Waals surface area (Å²) < 4.78 is 5.24. The van der Waals surface area contributed by atoms with Crippen molar-refractivity contribution in [2.24, 2.45) is 0 Å². The van der Waals surface area contributed by atoms with Crippen LogP contribution in [-0.4, -0.2) is 28.7 Å². The van der Waals surface area contributed by atoms with E-state index in [1.807, 2.05) is 24.3 Å². The van der Waals surface area contributed by atoms with Gasteiger partial charge < -0.3 is 10.1 Å². The van der Waals surface area contributed by atoms with Crippen molar-refractivity contribution in [2.75, 3.05) is 18.2 Å². The Hall–Kier alpha value is -2.12. The second-order valence-corrected chi connectivity index (χ2v) is 7.35. The van der Waals surface area contributed by atoms with E-state index in [0.717, 1.165) is 15.2 Å². The summed E-state index contributed by atoms with van der Waals surface area (Å²) in [6.45, 7) is 4.14. The van der Waals surface area contributed by atoms with Crippen LogP contribution >= 0.6 is 23.1 Å². The van der Waals surface area contributed by atoms with Crippen molar-refractivity contribution in [2.45, 2.75) is 18.9 Å². The third-order valence-corrected chi connectivity index (χ3v) is 5.76. The summed E-state index contributed by atoms with van der Waals surface area (Å²) in [4.78, 5) is 23.1. The quantitative estimate of drug-likeness (QED) is 0.550. The van der Waals surface area contributed by atoms with Crippen molar-refractivity contribution in [1.29, 1.82) is 0 Å². The number of ether oxygens (including phenoxy) is 1. The number of anilines is 1. The molecule has 124 valence electrons. The van der Waals surface area contributed by atoms with Crippen molar-refractivity contribution in [1.82, 2.24) is 9.97 Å². The average Bonchev–Trinajstić information content (AvgIpc) is 2.88. The molecule has 5 nitrogen and oxygen atoms in total. The third kappa shape index (κ3) is 3.37. The van der Waals surface area contributed by atoms with Crippen LogP contribution < -0.4 is 10.1 Å². The number of aromatic nitrogens is 2. The molecule has 0 radical (unpaired) electrons. The Balaban J connectivity index is 1.73. The molecule has 0 aliphatic carbocycles. The minimum atomic E-state index is -0.0964. The van der Waals surface area contributed by atoms with E-state index in [0.29, 0.717) is 11.4 Å². The molecule has 3 aromatic rings. The molecule has 7 heteroatoms. The molecule has 0 unspecified atom stereocenters. The first kappa shape index (κ1) is 16.7. The summed E-state index contributed by atoms with van der Waals surface area (Å²) in [6.07, 6.45) is 1.55. The first-order valence-corrected chi connectivity index (χ1v) is 9.16. The van der Waals surface area contributed by atoms with Crippen molar-refractivity contribution < 1.29 is 9.53 Å². The highest BCUT2D eigenvalue weighted by Gasteiger charge is 2.14. The lowest BCUT2D eigenvalue weighted by Crippen LogP contribution is -2.14. The van der Waals surface area contributed by atoms with Crippen LogP contribution in [0.1, 0.15) is 10.4 Å². The number of hydrogen-bond acceptors (Lipinski definition) is 6. The molecule has 0 aliphatic rings. The maximum absolute atomic E-state index is 12.3. The fourth-order valence-electron chi connectivity index (χ4n) is 2.33. The van der Waals surface area contributed by atoms with Crippen LogP contribution in [0.15, 0.2) is 35.6 Å². The van der Waals surface area contributed by atoms with Crippen molar-refractivity contribution in [3.63, 3.8) is 0 Å². The van der Waals surface area contributed by atoms with E-state index in [1.54, 1.807) is 24.8 Å². The van der Waals surface area contributed by atoms with Crippen LogP contribution in [0.25, 0.3) is 10.2 Å². The number of carbonyl (C=O) groups is 1. The molecule has 0 saturated heterocycles. The summed E-state index contributed by atoms with van der Waals surface area (Å²) in [5.41, 5.74) is 1.85. The number of hydrogen-bond donors (Lipinski definition) is 1. The molecule has 0 saturated carbocycles. The van der Waals surface area contributed by atoms with Crippen molar-refractivity contribution >= 4 is 44.9 Å². The van der Waals surface area contributed by atoms with Gasteiger partial charge in [-0.15, -0.1) is 11.3 Å². The van der Waals surface area contributed by atoms with Gasteiger partial charge in [0.2, 0.25) is 5.91 Å². The van der Waals surface area contributed by atoms with E-state index in [1.165, 1.54) is 22.2 Å². The van der Waals surface area contributed by atoms with Crippen molar-refractivity contribution in [3.8, 4) is 5.75 Å². The van der Waals surface area contributed by atoms with Crippen LogP contribution in [0.5, 0.6) is 5.75 Å². The Morgan fingerprint density at radius 3 is 2.88 bits per heavy atom. The molecule has 0 aliphatic heterocycles. The van der Waals surface area contributed by atoms with Crippen molar-refractivity contribution in [3.05, 3.63) is 41.0 Å². The second kappa shape index (κ2) is 7.19. The number of fused-ring (bicyclic) bond motifs is 1. The van der Waals surface area contributed by atoms with Crippen LogP contribution in [0.2, 0.25) is 0 Å². The number of benzene rings is 1. The van der Waals surface area contributed by atoms with Gasteiger partial charge in [0.1, 0.15) is 21.9 Å². The van der Waals surface area contributed by atoms with Gasteiger partial charge in [-0.05, 0) is 31.5 Å². The fourth-order valence-corrected chi connectivity index (χ4v) is 4.24. The van der Waals surface area contributed by atoms with E-state index >= 15 is 0 Å². The van der Waals surface area contributed by atoms with Gasteiger partial charge in [-0.25, -0.2) is 9.97 Å². The molecule has 0 fully saturated rings. The normalized spacial score (nSPS) is 10.8. The van der Waals surface area contributed by atoms with Gasteiger partial charge in [-0.1, -0.05) is 23.9 Å². The number of methoxy groups -OCH3 is 1. The molecular weight excluding hydrogens is 342 g/mol. The molecule has 0 bridgehead atoms. The van der Waals surface area contributed by atoms with E-state index in [9.17, 15) is 4.79 Å². The first-order valence-electron chi connectivity index (χ1n) is 7.36. The third-order valence-electron chi connectivity index (χ3n) is 3.65. The second-order valence-electron chi connectivity index (χ2n) is 5.18. The smallest absolute Gasteiger partial charge is 0.234 e. The Labute approximate surface area is 148 Å². The number of amides is 1. The van der Waals surface area contributed by atoms with Gasteiger partial charge in [0.15, 0.2) is 0 Å². The highest BCUT2D eigenvalue weighted by atomic mass is 32.2. The molecule has 24 heavy (non-hydrogen) atoms. The van der Waals surface area contributed by atoms with Crippen LogP contribution in [0.3, 0.4) is 0 Å². The Bertz CT molecular complexity index is 893. The molecule has 0 atom stereocenters. The number of aryl methyl sites for hydroxylation is 2. The number of nitrogens with one attached hydrogen (secondary N) is 1. The average molecular weight is 359 g/mol. The summed E-state index contributed by atoms with van der Waals surface area (Å²) in [5.74, 6) is 0.823. The zero-order chi connectivity index (χ0) is 17.1.